The Bertz CT molecular complexity index is 745. The highest BCUT2D eigenvalue weighted by Gasteiger charge is 2.40. The Kier molecular flexibility index (Phi) is 5.31. The summed E-state index contributed by atoms with van der Waals surface area (Å²) in [7, 11) is 0. The van der Waals surface area contributed by atoms with Gasteiger partial charge in [0.25, 0.3) is 0 Å². The highest BCUT2D eigenvalue weighted by molar-refractivity contribution is 5.94. The Morgan fingerprint density at radius 2 is 2.04 bits per heavy atom. The smallest absolute Gasteiger partial charge is 0.339 e. The molecular weight excluding hydrogens is 316 g/mol. The number of allylic oxidation sites excluding steroid dienone is 3. The van der Waals surface area contributed by atoms with E-state index in [9.17, 15) is 20.1 Å². The summed E-state index contributed by atoms with van der Waals surface area (Å²) in [6.45, 7) is 12.1. The van der Waals surface area contributed by atoms with Crippen LogP contribution in [-0.2, 0) is 6.42 Å². The minimum Gasteiger partial charge on any atom is -0.507 e. The van der Waals surface area contributed by atoms with E-state index in [0.717, 1.165) is 30.4 Å². The van der Waals surface area contributed by atoms with Crippen molar-refractivity contribution in [2.24, 2.45) is 5.41 Å². The van der Waals surface area contributed by atoms with Gasteiger partial charge in [0, 0.05) is 11.5 Å². The predicted molar refractivity (Wildman–Crippen MR) is 99.4 cm³/mol. The van der Waals surface area contributed by atoms with E-state index < -0.39 is 5.97 Å². The summed E-state index contributed by atoms with van der Waals surface area (Å²) in [4.78, 5) is 11.7. The molecule has 3 N–H and O–H groups in total. The lowest BCUT2D eigenvalue weighted by Gasteiger charge is -2.41. The van der Waals surface area contributed by atoms with Crippen molar-refractivity contribution in [1.29, 1.82) is 0 Å². The number of aromatic hydroxyl groups is 2. The van der Waals surface area contributed by atoms with Gasteiger partial charge in [0.1, 0.15) is 17.1 Å². The topological polar surface area (TPSA) is 77.8 Å². The number of carboxylic acids is 1. The third-order valence-corrected chi connectivity index (χ3v) is 5.60. The molecule has 0 aliphatic heterocycles. The molecule has 2 atom stereocenters. The summed E-state index contributed by atoms with van der Waals surface area (Å²) >= 11 is 0. The SMILES string of the molecule is C=C(C)C1(C)CCC(C)=CC1c1c(O)cc(CCC)c(C(=O)O)c1O. The average molecular weight is 344 g/mol. The van der Waals surface area contributed by atoms with E-state index in [2.05, 4.69) is 13.5 Å². The number of aryl methyl sites for hydroxylation is 1. The Labute approximate surface area is 149 Å². The molecule has 0 fully saturated rings. The molecule has 0 amide bonds. The molecule has 4 heteroatoms. The highest BCUT2D eigenvalue weighted by Crippen LogP contribution is 2.54. The van der Waals surface area contributed by atoms with Crippen molar-refractivity contribution in [3.05, 3.63) is 46.6 Å². The molecule has 0 spiro atoms. The van der Waals surface area contributed by atoms with Gasteiger partial charge in [-0.2, -0.15) is 0 Å². The van der Waals surface area contributed by atoms with Gasteiger partial charge in [0.2, 0.25) is 0 Å². The molecule has 1 aromatic carbocycles. The number of carbonyl (C=O) groups is 1. The van der Waals surface area contributed by atoms with Gasteiger partial charge >= 0.3 is 5.97 Å². The molecule has 0 saturated carbocycles. The lowest BCUT2D eigenvalue weighted by Crippen LogP contribution is -2.29. The number of aromatic carboxylic acids is 1. The highest BCUT2D eigenvalue weighted by atomic mass is 16.4. The quantitative estimate of drug-likeness (QED) is 0.645. The Morgan fingerprint density at radius 3 is 2.56 bits per heavy atom. The fourth-order valence-corrected chi connectivity index (χ4v) is 3.78. The van der Waals surface area contributed by atoms with Crippen LogP contribution in [0.1, 0.15) is 74.4 Å². The maximum atomic E-state index is 11.7. The van der Waals surface area contributed by atoms with Crippen LogP contribution in [-0.4, -0.2) is 21.3 Å². The molecule has 0 aromatic heterocycles. The number of benzene rings is 1. The number of phenols is 2. The number of hydrogen-bond donors (Lipinski definition) is 3. The molecule has 1 aliphatic carbocycles. The maximum Gasteiger partial charge on any atom is 0.339 e. The first-order chi connectivity index (χ1) is 11.6. The fourth-order valence-electron chi connectivity index (χ4n) is 3.78. The van der Waals surface area contributed by atoms with E-state index in [1.165, 1.54) is 6.07 Å². The van der Waals surface area contributed by atoms with Crippen molar-refractivity contribution < 1.29 is 20.1 Å². The van der Waals surface area contributed by atoms with Gasteiger partial charge < -0.3 is 15.3 Å². The van der Waals surface area contributed by atoms with Crippen LogP contribution in [0.3, 0.4) is 0 Å². The maximum absolute atomic E-state index is 11.7. The van der Waals surface area contributed by atoms with Crippen LogP contribution in [0.4, 0.5) is 0 Å². The third kappa shape index (κ3) is 3.30. The molecule has 1 aliphatic rings. The zero-order valence-corrected chi connectivity index (χ0v) is 15.5. The number of rotatable bonds is 5. The van der Waals surface area contributed by atoms with E-state index in [1.54, 1.807) is 0 Å². The van der Waals surface area contributed by atoms with E-state index in [-0.39, 0.29) is 28.4 Å². The lowest BCUT2D eigenvalue weighted by molar-refractivity contribution is 0.0692. The molecular formula is C21H28O4. The van der Waals surface area contributed by atoms with Crippen LogP contribution in [0, 0.1) is 5.41 Å². The molecule has 25 heavy (non-hydrogen) atoms. The fraction of sp³-hybridized carbons (Fsp3) is 0.476. The first-order valence-corrected chi connectivity index (χ1v) is 8.77. The largest absolute Gasteiger partial charge is 0.507 e. The van der Waals surface area contributed by atoms with Crippen LogP contribution in [0.2, 0.25) is 0 Å². The lowest BCUT2D eigenvalue weighted by atomic mass is 9.62. The number of phenolic OH excluding ortho intramolecular Hbond substituents is 1. The van der Waals surface area contributed by atoms with Crippen molar-refractivity contribution in [2.45, 2.75) is 59.3 Å². The number of hydrogen-bond acceptors (Lipinski definition) is 3. The van der Waals surface area contributed by atoms with Gasteiger partial charge in [0.15, 0.2) is 0 Å². The standard InChI is InChI=1S/C21H28O4/c1-6-7-14-11-16(22)18(19(23)17(14)20(24)25)15-10-13(4)8-9-21(15,5)12(2)3/h10-11,15,22-23H,2,6-9H2,1,3-5H3,(H,24,25). The third-order valence-electron chi connectivity index (χ3n) is 5.60. The molecule has 4 nitrogen and oxygen atoms in total. The molecule has 0 heterocycles. The van der Waals surface area contributed by atoms with Gasteiger partial charge in [-0.1, -0.05) is 44.1 Å². The molecule has 2 unspecified atom stereocenters. The minimum absolute atomic E-state index is 0.0469. The van der Waals surface area contributed by atoms with Crippen molar-refractivity contribution >= 4 is 5.97 Å². The summed E-state index contributed by atoms with van der Waals surface area (Å²) < 4.78 is 0. The first-order valence-electron chi connectivity index (χ1n) is 8.77. The van der Waals surface area contributed by atoms with E-state index in [1.807, 2.05) is 26.8 Å². The minimum atomic E-state index is -1.17. The second-order valence-corrected chi connectivity index (χ2v) is 7.44. The zero-order valence-electron chi connectivity index (χ0n) is 15.5. The normalized spacial score (nSPS) is 23.2. The van der Waals surface area contributed by atoms with Gasteiger partial charge in [-0.05, 0) is 50.2 Å². The van der Waals surface area contributed by atoms with Crippen molar-refractivity contribution in [1.82, 2.24) is 0 Å². The molecule has 136 valence electrons. The average Bonchev–Trinajstić information content (AvgIpc) is 2.50. The summed E-state index contributed by atoms with van der Waals surface area (Å²) in [5, 5.41) is 31.0. The van der Waals surface area contributed by atoms with E-state index >= 15 is 0 Å². The van der Waals surface area contributed by atoms with Crippen molar-refractivity contribution in [2.75, 3.05) is 0 Å². The van der Waals surface area contributed by atoms with Crippen LogP contribution < -0.4 is 0 Å². The second kappa shape index (κ2) is 6.95. The molecule has 2 rings (SSSR count). The van der Waals surface area contributed by atoms with Crippen LogP contribution in [0.15, 0.2) is 29.9 Å². The van der Waals surface area contributed by atoms with Gasteiger partial charge in [-0.3, -0.25) is 0 Å². The molecule has 0 bridgehead atoms. The predicted octanol–water partition coefficient (Wildman–Crippen LogP) is 5.15. The Hall–Kier alpha value is -2.23. The summed E-state index contributed by atoms with van der Waals surface area (Å²) in [6, 6.07) is 1.50. The zero-order chi connectivity index (χ0) is 18.9. The van der Waals surface area contributed by atoms with Gasteiger partial charge in [-0.25, -0.2) is 4.79 Å². The Morgan fingerprint density at radius 1 is 1.40 bits per heavy atom. The summed E-state index contributed by atoms with van der Waals surface area (Å²) in [6.07, 6.45) is 5.00. The summed E-state index contributed by atoms with van der Waals surface area (Å²) in [5.41, 5.74) is 2.42. The molecule has 0 radical (unpaired) electrons. The monoisotopic (exact) mass is 344 g/mol. The van der Waals surface area contributed by atoms with Crippen LogP contribution in [0.25, 0.3) is 0 Å². The van der Waals surface area contributed by atoms with Gasteiger partial charge in [-0.15, -0.1) is 0 Å². The van der Waals surface area contributed by atoms with E-state index in [0.29, 0.717) is 17.5 Å². The second-order valence-electron chi connectivity index (χ2n) is 7.44. The van der Waals surface area contributed by atoms with Crippen molar-refractivity contribution in [3.8, 4) is 11.5 Å². The van der Waals surface area contributed by atoms with Crippen molar-refractivity contribution in [3.63, 3.8) is 0 Å². The van der Waals surface area contributed by atoms with Gasteiger partial charge in [0.05, 0.1) is 0 Å². The molecule has 1 aromatic rings. The van der Waals surface area contributed by atoms with Crippen LogP contribution >= 0.6 is 0 Å². The first kappa shape index (κ1) is 19.1. The number of carboxylic acid groups (broad SMARTS) is 1. The molecule has 0 saturated heterocycles. The van der Waals surface area contributed by atoms with Crippen LogP contribution in [0.5, 0.6) is 11.5 Å². The van der Waals surface area contributed by atoms with E-state index in [4.69, 9.17) is 0 Å². The Balaban J connectivity index is 2.76. The summed E-state index contributed by atoms with van der Waals surface area (Å²) in [5.74, 6) is -1.85.